The molecule has 0 aliphatic rings. The highest BCUT2D eigenvalue weighted by Crippen LogP contribution is 2.25. The Morgan fingerprint density at radius 3 is 3.00 bits per heavy atom. The summed E-state index contributed by atoms with van der Waals surface area (Å²) in [5.74, 6) is -0.132. The van der Waals surface area contributed by atoms with Crippen molar-refractivity contribution in [2.24, 2.45) is 0 Å². The van der Waals surface area contributed by atoms with E-state index in [0.29, 0.717) is 23.0 Å². The van der Waals surface area contributed by atoms with Crippen LogP contribution < -0.4 is 5.32 Å². The number of anilines is 1. The smallest absolute Gasteiger partial charge is 0.270 e. The van der Waals surface area contributed by atoms with E-state index >= 15 is 0 Å². The predicted molar refractivity (Wildman–Crippen MR) is 78.6 cm³/mol. The predicted octanol–water partition coefficient (Wildman–Crippen LogP) is 1.94. The number of nitro groups is 1. The van der Waals surface area contributed by atoms with Gasteiger partial charge in [0, 0.05) is 24.9 Å². The van der Waals surface area contributed by atoms with E-state index in [0.717, 1.165) is 0 Å². The Bertz CT molecular complexity index is 866. The van der Waals surface area contributed by atoms with Crippen molar-refractivity contribution in [2.75, 3.05) is 5.32 Å². The van der Waals surface area contributed by atoms with Gasteiger partial charge >= 0.3 is 0 Å². The molecular weight excluding hydrogens is 288 g/mol. The fourth-order valence-corrected chi connectivity index (χ4v) is 2.04. The van der Waals surface area contributed by atoms with Gasteiger partial charge in [-0.3, -0.25) is 24.7 Å². The molecule has 22 heavy (non-hydrogen) atoms. The van der Waals surface area contributed by atoms with Gasteiger partial charge in [-0.15, -0.1) is 0 Å². The van der Waals surface area contributed by atoms with Crippen molar-refractivity contribution in [1.29, 1.82) is 0 Å². The molecule has 0 aliphatic heterocycles. The van der Waals surface area contributed by atoms with E-state index in [9.17, 15) is 14.9 Å². The molecule has 9 heteroatoms. The van der Waals surface area contributed by atoms with Crippen LogP contribution >= 0.6 is 0 Å². The van der Waals surface area contributed by atoms with Gasteiger partial charge in [0.05, 0.1) is 27.6 Å². The van der Waals surface area contributed by atoms with Crippen LogP contribution in [0.15, 0.2) is 30.6 Å². The molecule has 1 aromatic carbocycles. The molecule has 0 atom stereocenters. The van der Waals surface area contributed by atoms with Crippen molar-refractivity contribution in [3.8, 4) is 0 Å². The highest BCUT2D eigenvalue weighted by Gasteiger charge is 2.15. The first kappa shape index (κ1) is 13.7. The molecule has 0 fully saturated rings. The number of aryl methyl sites for hydroxylation is 1. The number of H-pyrrole nitrogens is 1. The Kier molecular flexibility index (Phi) is 3.30. The minimum Gasteiger partial charge on any atom is -0.304 e. The number of nitro benzene ring substituents is 1. The minimum atomic E-state index is -0.497. The summed E-state index contributed by atoms with van der Waals surface area (Å²) in [6.45, 7) is 2.57. The minimum absolute atomic E-state index is 0.0665. The molecule has 0 radical (unpaired) electrons. The average molecular weight is 300 g/mol. The van der Waals surface area contributed by atoms with Gasteiger partial charge in [-0.1, -0.05) is 0 Å². The van der Waals surface area contributed by atoms with Crippen LogP contribution in [0.5, 0.6) is 0 Å². The maximum Gasteiger partial charge on any atom is 0.270 e. The monoisotopic (exact) mass is 300 g/mol. The van der Waals surface area contributed by atoms with E-state index in [1.807, 2.05) is 6.92 Å². The zero-order valence-corrected chi connectivity index (χ0v) is 11.6. The summed E-state index contributed by atoms with van der Waals surface area (Å²) < 4.78 is 1.63. The molecule has 0 aliphatic carbocycles. The van der Waals surface area contributed by atoms with Crippen LogP contribution in [0, 0.1) is 10.1 Å². The maximum atomic E-state index is 12.2. The first-order valence-electron chi connectivity index (χ1n) is 6.55. The number of fused-ring (bicyclic) bond motifs is 1. The zero-order chi connectivity index (χ0) is 15.7. The van der Waals surface area contributed by atoms with Crippen molar-refractivity contribution in [3.05, 3.63) is 46.3 Å². The molecular formula is C13H12N6O3. The normalized spacial score (nSPS) is 10.8. The van der Waals surface area contributed by atoms with Gasteiger partial charge in [-0.25, -0.2) is 0 Å². The summed E-state index contributed by atoms with van der Waals surface area (Å²) in [5, 5.41) is 24.7. The molecule has 2 N–H and O–H groups in total. The van der Waals surface area contributed by atoms with Gasteiger partial charge in [-0.2, -0.15) is 10.2 Å². The highest BCUT2D eigenvalue weighted by molar-refractivity contribution is 6.07. The Balaban J connectivity index is 1.91. The van der Waals surface area contributed by atoms with Gasteiger partial charge in [0.25, 0.3) is 11.6 Å². The molecule has 2 aromatic heterocycles. The second kappa shape index (κ2) is 5.28. The van der Waals surface area contributed by atoms with Gasteiger partial charge in [0.15, 0.2) is 5.82 Å². The lowest BCUT2D eigenvalue weighted by atomic mass is 10.2. The number of aromatic nitrogens is 4. The number of nitrogens with one attached hydrogen (secondary N) is 2. The van der Waals surface area contributed by atoms with Crippen LogP contribution in [0.25, 0.3) is 10.9 Å². The number of benzene rings is 1. The summed E-state index contributed by atoms with van der Waals surface area (Å²) >= 11 is 0. The van der Waals surface area contributed by atoms with Crippen LogP contribution in [-0.4, -0.2) is 30.8 Å². The third kappa shape index (κ3) is 2.39. The molecule has 1 amide bonds. The van der Waals surface area contributed by atoms with Gasteiger partial charge in [-0.05, 0) is 13.0 Å². The number of rotatable bonds is 4. The quantitative estimate of drug-likeness (QED) is 0.563. The van der Waals surface area contributed by atoms with E-state index in [-0.39, 0.29) is 17.4 Å². The van der Waals surface area contributed by atoms with Crippen molar-refractivity contribution < 1.29 is 9.72 Å². The lowest BCUT2D eigenvalue weighted by Gasteiger charge is -2.00. The molecule has 0 bridgehead atoms. The van der Waals surface area contributed by atoms with Crippen LogP contribution in [0.1, 0.15) is 17.3 Å². The molecule has 2 heterocycles. The summed E-state index contributed by atoms with van der Waals surface area (Å²) in [5.41, 5.74) is 0.928. The molecule has 0 spiro atoms. The topological polar surface area (TPSA) is 119 Å². The van der Waals surface area contributed by atoms with Crippen LogP contribution in [0.2, 0.25) is 0 Å². The summed E-state index contributed by atoms with van der Waals surface area (Å²) in [4.78, 5) is 22.5. The van der Waals surface area contributed by atoms with Crippen LogP contribution in [-0.2, 0) is 6.54 Å². The number of carbonyl (C=O) groups excluding carboxylic acids is 1. The summed E-state index contributed by atoms with van der Waals surface area (Å²) in [7, 11) is 0. The molecule has 9 nitrogen and oxygen atoms in total. The van der Waals surface area contributed by atoms with Crippen molar-refractivity contribution in [2.45, 2.75) is 13.5 Å². The molecule has 112 valence electrons. The first-order chi connectivity index (χ1) is 10.6. The number of amides is 1. The van der Waals surface area contributed by atoms with Gasteiger partial charge in [0.1, 0.15) is 0 Å². The van der Waals surface area contributed by atoms with E-state index < -0.39 is 4.92 Å². The molecule has 3 rings (SSSR count). The SMILES string of the molecule is CCn1cc(C(=O)Nc2n[nH]c3ccc([N+](=O)[O-])cc23)cn1. The van der Waals surface area contributed by atoms with Crippen molar-refractivity contribution in [1.82, 2.24) is 20.0 Å². The number of non-ortho nitro benzene ring substituents is 1. The third-order valence-electron chi connectivity index (χ3n) is 3.21. The van der Waals surface area contributed by atoms with E-state index in [2.05, 4.69) is 20.6 Å². The summed E-state index contributed by atoms with van der Waals surface area (Å²) in [6.07, 6.45) is 3.07. The third-order valence-corrected chi connectivity index (χ3v) is 3.21. The van der Waals surface area contributed by atoms with E-state index in [1.165, 1.54) is 18.3 Å². The summed E-state index contributed by atoms with van der Waals surface area (Å²) in [6, 6.07) is 4.28. The standard InChI is InChI=1S/C13H12N6O3/c1-2-18-7-8(6-14-18)13(20)15-12-10-5-9(19(21)22)3-4-11(10)16-17-12/h3-7H,2H2,1H3,(H2,15,16,17,20). The van der Waals surface area contributed by atoms with Gasteiger partial charge < -0.3 is 5.32 Å². The van der Waals surface area contributed by atoms with Gasteiger partial charge in [0.2, 0.25) is 0 Å². The first-order valence-corrected chi connectivity index (χ1v) is 6.55. The number of aromatic amines is 1. The number of hydrogen-bond acceptors (Lipinski definition) is 5. The molecule has 0 saturated carbocycles. The number of carbonyl (C=O) groups is 1. The highest BCUT2D eigenvalue weighted by atomic mass is 16.6. The molecule has 0 saturated heterocycles. The molecule has 3 aromatic rings. The Morgan fingerprint density at radius 2 is 2.32 bits per heavy atom. The van der Waals surface area contributed by atoms with Crippen LogP contribution in [0.4, 0.5) is 11.5 Å². The number of hydrogen-bond donors (Lipinski definition) is 2. The fraction of sp³-hybridized carbons (Fsp3) is 0.154. The lowest BCUT2D eigenvalue weighted by Crippen LogP contribution is -2.11. The van der Waals surface area contributed by atoms with Crippen molar-refractivity contribution >= 4 is 28.3 Å². The Labute approximate surface area is 124 Å². The van der Waals surface area contributed by atoms with E-state index in [4.69, 9.17) is 0 Å². The second-order valence-electron chi connectivity index (χ2n) is 4.60. The average Bonchev–Trinajstić information content (AvgIpc) is 3.13. The molecule has 0 unspecified atom stereocenters. The second-order valence-corrected chi connectivity index (χ2v) is 4.60. The largest absolute Gasteiger partial charge is 0.304 e. The fourth-order valence-electron chi connectivity index (χ4n) is 2.04. The van der Waals surface area contributed by atoms with E-state index in [1.54, 1.807) is 16.9 Å². The maximum absolute atomic E-state index is 12.2. The zero-order valence-electron chi connectivity index (χ0n) is 11.6. The Hall–Kier alpha value is -3.23. The van der Waals surface area contributed by atoms with Crippen molar-refractivity contribution in [3.63, 3.8) is 0 Å². The lowest BCUT2D eigenvalue weighted by molar-refractivity contribution is -0.384. The number of nitrogens with zero attached hydrogens (tertiary/aromatic N) is 4. The van der Waals surface area contributed by atoms with Crippen LogP contribution in [0.3, 0.4) is 0 Å². The Morgan fingerprint density at radius 1 is 1.50 bits per heavy atom.